The SMILES string of the molecule is Cc1ccc(CNC(=O)NC2CCCCNC2)cc1. The average Bonchev–Trinajstić information content (AvgIpc) is 2.67. The molecular weight excluding hydrogens is 238 g/mol. The van der Waals surface area contributed by atoms with Gasteiger partial charge in [0.1, 0.15) is 0 Å². The molecule has 0 aliphatic carbocycles. The first-order chi connectivity index (χ1) is 9.24. The molecule has 1 unspecified atom stereocenters. The summed E-state index contributed by atoms with van der Waals surface area (Å²) in [5.41, 5.74) is 2.36. The Hall–Kier alpha value is -1.55. The van der Waals surface area contributed by atoms with Crippen LogP contribution in [0, 0.1) is 6.92 Å². The second kappa shape index (κ2) is 7.14. The number of carbonyl (C=O) groups is 1. The van der Waals surface area contributed by atoms with Gasteiger partial charge in [-0.05, 0) is 31.9 Å². The van der Waals surface area contributed by atoms with Crippen molar-refractivity contribution in [2.45, 2.75) is 38.8 Å². The highest BCUT2D eigenvalue weighted by Gasteiger charge is 2.13. The molecular formula is C15H23N3O. The maximum atomic E-state index is 11.8. The number of carbonyl (C=O) groups excluding carboxylic acids is 1. The molecule has 4 nitrogen and oxygen atoms in total. The van der Waals surface area contributed by atoms with Gasteiger partial charge in [-0.3, -0.25) is 0 Å². The molecule has 4 heteroatoms. The molecule has 1 aromatic carbocycles. The van der Waals surface area contributed by atoms with Crippen LogP contribution in [-0.2, 0) is 6.54 Å². The quantitative estimate of drug-likeness (QED) is 0.779. The van der Waals surface area contributed by atoms with Crippen LogP contribution < -0.4 is 16.0 Å². The van der Waals surface area contributed by atoms with Gasteiger partial charge in [-0.15, -0.1) is 0 Å². The van der Waals surface area contributed by atoms with E-state index in [0.29, 0.717) is 6.54 Å². The number of urea groups is 1. The zero-order valence-corrected chi connectivity index (χ0v) is 11.5. The molecule has 1 aromatic rings. The van der Waals surface area contributed by atoms with E-state index in [2.05, 4.69) is 35.0 Å². The number of amides is 2. The molecule has 1 atom stereocenters. The Morgan fingerprint density at radius 2 is 2.11 bits per heavy atom. The van der Waals surface area contributed by atoms with Crippen molar-refractivity contribution in [1.29, 1.82) is 0 Å². The first-order valence-electron chi connectivity index (χ1n) is 7.04. The van der Waals surface area contributed by atoms with Gasteiger partial charge < -0.3 is 16.0 Å². The highest BCUT2D eigenvalue weighted by molar-refractivity contribution is 5.74. The van der Waals surface area contributed by atoms with E-state index in [1.54, 1.807) is 0 Å². The number of nitrogens with one attached hydrogen (secondary N) is 3. The Kier molecular flexibility index (Phi) is 5.21. The monoisotopic (exact) mass is 261 g/mol. The minimum Gasteiger partial charge on any atom is -0.334 e. The summed E-state index contributed by atoms with van der Waals surface area (Å²) in [5, 5.41) is 9.28. The second-order valence-electron chi connectivity index (χ2n) is 5.21. The lowest BCUT2D eigenvalue weighted by molar-refractivity contribution is 0.236. The first kappa shape index (κ1) is 13.9. The van der Waals surface area contributed by atoms with E-state index in [1.165, 1.54) is 18.4 Å². The molecule has 0 radical (unpaired) electrons. The lowest BCUT2D eigenvalue weighted by Crippen LogP contribution is -2.45. The standard InChI is InChI=1S/C15H23N3O/c1-12-5-7-13(8-6-12)10-17-15(19)18-14-4-2-3-9-16-11-14/h5-8,14,16H,2-4,9-11H2,1H3,(H2,17,18,19). The van der Waals surface area contributed by atoms with Gasteiger partial charge in [0.15, 0.2) is 0 Å². The Balaban J connectivity index is 1.73. The summed E-state index contributed by atoms with van der Waals surface area (Å²) < 4.78 is 0. The summed E-state index contributed by atoms with van der Waals surface area (Å²) in [6.45, 7) is 4.57. The molecule has 0 bridgehead atoms. The Labute approximate surface area is 115 Å². The fourth-order valence-corrected chi connectivity index (χ4v) is 2.27. The van der Waals surface area contributed by atoms with Gasteiger partial charge >= 0.3 is 6.03 Å². The van der Waals surface area contributed by atoms with Crippen LogP contribution in [0.15, 0.2) is 24.3 Å². The van der Waals surface area contributed by atoms with Gasteiger partial charge in [0, 0.05) is 19.1 Å². The van der Waals surface area contributed by atoms with Crippen LogP contribution in [0.2, 0.25) is 0 Å². The van der Waals surface area contributed by atoms with Crippen molar-refractivity contribution < 1.29 is 4.79 Å². The van der Waals surface area contributed by atoms with Crippen molar-refractivity contribution in [3.8, 4) is 0 Å². The van der Waals surface area contributed by atoms with E-state index < -0.39 is 0 Å². The fraction of sp³-hybridized carbons (Fsp3) is 0.533. The van der Waals surface area contributed by atoms with E-state index in [0.717, 1.165) is 25.1 Å². The van der Waals surface area contributed by atoms with Gasteiger partial charge in [-0.25, -0.2) is 4.79 Å². The smallest absolute Gasteiger partial charge is 0.315 e. The maximum absolute atomic E-state index is 11.8. The molecule has 2 rings (SSSR count). The van der Waals surface area contributed by atoms with Gasteiger partial charge in [0.2, 0.25) is 0 Å². The Morgan fingerprint density at radius 1 is 1.32 bits per heavy atom. The summed E-state index contributed by atoms with van der Waals surface area (Å²) in [6.07, 6.45) is 3.43. The normalized spacial score (nSPS) is 19.5. The van der Waals surface area contributed by atoms with Crippen LogP contribution in [0.5, 0.6) is 0 Å². The molecule has 0 aromatic heterocycles. The van der Waals surface area contributed by atoms with E-state index in [-0.39, 0.29) is 12.1 Å². The molecule has 1 fully saturated rings. The minimum absolute atomic E-state index is 0.0747. The van der Waals surface area contributed by atoms with Gasteiger partial charge in [-0.2, -0.15) is 0 Å². The largest absolute Gasteiger partial charge is 0.334 e. The van der Waals surface area contributed by atoms with Crippen LogP contribution in [0.25, 0.3) is 0 Å². The topological polar surface area (TPSA) is 53.2 Å². The molecule has 0 spiro atoms. The zero-order chi connectivity index (χ0) is 13.5. The second-order valence-corrected chi connectivity index (χ2v) is 5.21. The number of hydrogen-bond acceptors (Lipinski definition) is 2. The third kappa shape index (κ3) is 4.91. The summed E-state index contributed by atoms with van der Waals surface area (Å²) in [4.78, 5) is 11.8. The van der Waals surface area contributed by atoms with Gasteiger partial charge in [0.25, 0.3) is 0 Å². The lowest BCUT2D eigenvalue weighted by atomic mass is 10.1. The maximum Gasteiger partial charge on any atom is 0.315 e. The van der Waals surface area contributed by atoms with Crippen molar-refractivity contribution in [3.63, 3.8) is 0 Å². The summed E-state index contributed by atoms with van der Waals surface area (Å²) in [7, 11) is 0. The summed E-state index contributed by atoms with van der Waals surface area (Å²) in [6, 6.07) is 8.38. The zero-order valence-electron chi connectivity index (χ0n) is 11.5. The molecule has 104 valence electrons. The highest BCUT2D eigenvalue weighted by Crippen LogP contribution is 2.04. The number of hydrogen-bond donors (Lipinski definition) is 3. The van der Waals surface area contributed by atoms with Crippen LogP contribution in [-0.4, -0.2) is 25.2 Å². The molecule has 19 heavy (non-hydrogen) atoms. The molecule has 3 N–H and O–H groups in total. The molecule has 1 aliphatic rings. The first-order valence-corrected chi connectivity index (χ1v) is 7.04. The summed E-state index contributed by atoms with van der Waals surface area (Å²) in [5.74, 6) is 0. The third-order valence-corrected chi connectivity index (χ3v) is 3.46. The predicted octanol–water partition coefficient (Wildman–Crippen LogP) is 1.94. The van der Waals surface area contributed by atoms with Crippen LogP contribution in [0.4, 0.5) is 4.79 Å². The van der Waals surface area contributed by atoms with Crippen molar-refractivity contribution in [2.24, 2.45) is 0 Å². The van der Waals surface area contributed by atoms with E-state index in [1.807, 2.05) is 12.1 Å². The van der Waals surface area contributed by atoms with Crippen molar-refractivity contribution in [2.75, 3.05) is 13.1 Å². The Morgan fingerprint density at radius 3 is 2.89 bits per heavy atom. The highest BCUT2D eigenvalue weighted by atomic mass is 16.2. The number of rotatable bonds is 3. The fourth-order valence-electron chi connectivity index (χ4n) is 2.27. The van der Waals surface area contributed by atoms with E-state index in [9.17, 15) is 4.79 Å². The van der Waals surface area contributed by atoms with Crippen molar-refractivity contribution in [1.82, 2.24) is 16.0 Å². The van der Waals surface area contributed by atoms with Gasteiger partial charge in [-0.1, -0.05) is 36.2 Å². The van der Waals surface area contributed by atoms with E-state index in [4.69, 9.17) is 0 Å². The number of aryl methyl sites for hydroxylation is 1. The number of benzene rings is 1. The predicted molar refractivity (Wildman–Crippen MR) is 77.1 cm³/mol. The van der Waals surface area contributed by atoms with Crippen LogP contribution >= 0.6 is 0 Å². The molecule has 0 saturated carbocycles. The van der Waals surface area contributed by atoms with Crippen LogP contribution in [0.3, 0.4) is 0 Å². The lowest BCUT2D eigenvalue weighted by Gasteiger charge is -2.17. The Bertz CT molecular complexity index is 394. The van der Waals surface area contributed by atoms with Crippen molar-refractivity contribution in [3.05, 3.63) is 35.4 Å². The molecule has 1 aliphatic heterocycles. The summed E-state index contributed by atoms with van der Waals surface area (Å²) >= 11 is 0. The van der Waals surface area contributed by atoms with Crippen molar-refractivity contribution >= 4 is 6.03 Å². The molecule has 1 saturated heterocycles. The molecule has 2 amide bonds. The molecule has 1 heterocycles. The van der Waals surface area contributed by atoms with Gasteiger partial charge in [0.05, 0.1) is 0 Å². The minimum atomic E-state index is -0.0747. The third-order valence-electron chi connectivity index (χ3n) is 3.46. The average molecular weight is 261 g/mol. The van der Waals surface area contributed by atoms with Crippen LogP contribution in [0.1, 0.15) is 30.4 Å². The van der Waals surface area contributed by atoms with E-state index >= 15 is 0 Å².